The van der Waals surface area contributed by atoms with Gasteiger partial charge < -0.3 is 15.5 Å². The van der Waals surface area contributed by atoms with Gasteiger partial charge in [0.1, 0.15) is 5.82 Å². The average molecular weight is 223 g/mol. The summed E-state index contributed by atoms with van der Waals surface area (Å²) >= 11 is 0. The van der Waals surface area contributed by atoms with E-state index in [1.807, 2.05) is 0 Å². The second-order valence-corrected chi connectivity index (χ2v) is 4.01. The molecule has 3 N–H and O–H groups in total. The molecule has 2 rings (SSSR count). The Hall–Kier alpha value is -1.69. The van der Waals surface area contributed by atoms with Crippen LogP contribution in [0.15, 0.2) is 12.4 Å². The summed E-state index contributed by atoms with van der Waals surface area (Å²) in [4.78, 5) is 18.4. The van der Waals surface area contributed by atoms with Gasteiger partial charge in [-0.1, -0.05) is 0 Å². The number of nitrogens with zero attached hydrogens (tertiary/aromatic N) is 2. The average Bonchev–Trinajstić information content (AvgIpc) is 2.24. The first kappa shape index (κ1) is 10.8. The third-order valence-corrected chi connectivity index (χ3v) is 2.86. The summed E-state index contributed by atoms with van der Waals surface area (Å²) in [6.07, 6.45) is 5.44. The summed E-state index contributed by atoms with van der Waals surface area (Å²) < 4.78 is 0. The van der Waals surface area contributed by atoms with Crippen LogP contribution in [0.5, 0.6) is 0 Å². The number of nitrogens with one attached hydrogen (secondary N) is 1. The number of aliphatic hydroxyl groups excluding tert-OH is 1. The van der Waals surface area contributed by atoms with Gasteiger partial charge in [0.2, 0.25) is 0 Å². The molecule has 0 bridgehead atoms. The fourth-order valence-electron chi connectivity index (χ4n) is 1.73. The molecule has 1 aromatic heterocycles. The number of hydrogen-bond acceptors (Lipinski definition) is 5. The Morgan fingerprint density at radius 2 is 2.25 bits per heavy atom. The molecule has 0 atom stereocenters. The van der Waals surface area contributed by atoms with E-state index < -0.39 is 5.97 Å². The molecule has 1 fully saturated rings. The van der Waals surface area contributed by atoms with Gasteiger partial charge in [0, 0.05) is 0 Å². The van der Waals surface area contributed by atoms with Gasteiger partial charge in [0.05, 0.1) is 24.5 Å². The minimum absolute atomic E-state index is 0.0198. The molecule has 16 heavy (non-hydrogen) atoms. The van der Waals surface area contributed by atoms with Crippen molar-refractivity contribution in [3.8, 4) is 0 Å². The van der Waals surface area contributed by atoms with Crippen molar-refractivity contribution < 1.29 is 15.0 Å². The Balaban J connectivity index is 2.15. The second-order valence-electron chi connectivity index (χ2n) is 4.01. The quantitative estimate of drug-likeness (QED) is 0.688. The second kappa shape index (κ2) is 4.05. The van der Waals surface area contributed by atoms with E-state index in [1.165, 1.54) is 12.4 Å². The SMILES string of the molecule is O=C(O)c1cncc(NC2(CO)CCC2)n1. The Bertz CT molecular complexity index is 399. The number of rotatable bonds is 4. The highest BCUT2D eigenvalue weighted by Crippen LogP contribution is 2.34. The molecular formula is C10H13N3O3. The van der Waals surface area contributed by atoms with Gasteiger partial charge >= 0.3 is 5.97 Å². The van der Waals surface area contributed by atoms with Crippen molar-refractivity contribution in [2.45, 2.75) is 24.8 Å². The molecule has 1 aliphatic rings. The number of aromatic nitrogens is 2. The van der Waals surface area contributed by atoms with Crippen molar-refractivity contribution >= 4 is 11.8 Å². The highest BCUT2D eigenvalue weighted by molar-refractivity contribution is 5.85. The van der Waals surface area contributed by atoms with Crippen LogP contribution in [-0.4, -0.2) is 38.3 Å². The molecule has 0 aliphatic heterocycles. The van der Waals surface area contributed by atoms with E-state index in [9.17, 15) is 9.90 Å². The van der Waals surface area contributed by atoms with Crippen molar-refractivity contribution in [1.29, 1.82) is 0 Å². The first-order valence-electron chi connectivity index (χ1n) is 5.10. The summed E-state index contributed by atoms with van der Waals surface area (Å²) in [7, 11) is 0. The van der Waals surface area contributed by atoms with Gasteiger partial charge in [0.25, 0.3) is 0 Å². The number of carboxylic acid groups (broad SMARTS) is 1. The normalized spacial score (nSPS) is 17.6. The third-order valence-electron chi connectivity index (χ3n) is 2.86. The van der Waals surface area contributed by atoms with E-state index >= 15 is 0 Å². The number of carboxylic acids is 1. The van der Waals surface area contributed by atoms with E-state index in [1.54, 1.807) is 0 Å². The summed E-state index contributed by atoms with van der Waals surface area (Å²) in [5.41, 5.74) is -0.441. The Morgan fingerprint density at radius 3 is 2.75 bits per heavy atom. The van der Waals surface area contributed by atoms with Crippen LogP contribution in [0.3, 0.4) is 0 Å². The van der Waals surface area contributed by atoms with E-state index in [-0.39, 0.29) is 17.8 Å². The van der Waals surface area contributed by atoms with Crippen LogP contribution in [0.4, 0.5) is 5.82 Å². The minimum Gasteiger partial charge on any atom is -0.476 e. The first-order chi connectivity index (χ1) is 7.65. The Morgan fingerprint density at radius 1 is 1.50 bits per heavy atom. The summed E-state index contributed by atoms with van der Waals surface area (Å²) in [5, 5.41) is 21.1. The lowest BCUT2D eigenvalue weighted by Gasteiger charge is -2.41. The maximum Gasteiger partial charge on any atom is 0.356 e. The predicted octanol–water partition coefficient (Wildman–Crippen LogP) is 0.502. The van der Waals surface area contributed by atoms with Crippen molar-refractivity contribution in [2.75, 3.05) is 11.9 Å². The molecule has 6 nitrogen and oxygen atoms in total. The molecule has 0 saturated heterocycles. The van der Waals surface area contributed by atoms with Gasteiger partial charge in [0.15, 0.2) is 5.69 Å². The zero-order chi connectivity index (χ0) is 11.6. The predicted molar refractivity (Wildman–Crippen MR) is 56.3 cm³/mol. The Labute approximate surface area is 92.4 Å². The zero-order valence-electron chi connectivity index (χ0n) is 8.68. The lowest BCUT2D eigenvalue weighted by Crippen LogP contribution is -2.48. The number of carbonyl (C=O) groups is 1. The molecule has 0 unspecified atom stereocenters. The number of anilines is 1. The van der Waals surface area contributed by atoms with Crippen molar-refractivity contribution in [2.24, 2.45) is 0 Å². The number of aromatic carboxylic acids is 1. The summed E-state index contributed by atoms with van der Waals surface area (Å²) in [5.74, 6) is -0.712. The molecule has 1 heterocycles. The molecular weight excluding hydrogens is 210 g/mol. The topological polar surface area (TPSA) is 95.3 Å². The molecule has 0 aromatic carbocycles. The van der Waals surface area contributed by atoms with Crippen molar-refractivity contribution in [3.05, 3.63) is 18.1 Å². The zero-order valence-corrected chi connectivity index (χ0v) is 8.68. The number of hydrogen-bond donors (Lipinski definition) is 3. The largest absolute Gasteiger partial charge is 0.476 e. The standard InChI is InChI=1S/C10H13N3O3/c14-6-10(2-1-3-10)13-8-5-11-4-7(12-8)9(15)16/h4-5,14H,1-3,6H2,(H,12,13)(H,15,16). The van der Waals surface area contributed by atoms with Crippen molar-refractivity contribution in [1.82, 2.24) is 9.97 Å². The molecule has 86 valence electrons. The fourth-order valence-corrected chi connectivity index (χ4v) is 1.73. The molecule has 1 aromatic rings. The van der Waals surface area contributed by atoms with Crippen LogP contribution in [0.1, 0.15) is 29.8 Å². The van der Waals surface area contributed by atoms with Gasteiger partial charge in [-0.25, -0.2) is 9.78 Å². The number of aliphatic hydroxyl groups is 1. The van der Waals surface area contributed by atoms with E-state index in [2.05, 4.69) is 15.3 Å². The maximum atomic E-state index is 10.7. The minimum atomic E-state index is -1.11. The van der Waals surface area contributed by atoms with Gasteiger partial charge in [-0.3, -0.25) is 4.98 Å². The lowest BCUT2D eigenvalue weighted by molar-refractivity contribution is 0.0690. The smallest absolute Gasteiger partial charge is 0.356 e. The summed E-state index contributed by atoms with van der Waals surface area (Å²) in [6, 6.07) is 0. The van der Waals surface area contributed by atoms with E-state index in [0.29, 0.717) is 5.82 Å². The van der Waals surface area contributed by atoms with Crippen LogP contribution in [0.25, 0.3) is 0 Å². The van der Waals surface area contributed by atoms with Gasteiger partial charge in [-0.05, 0) is 19.3 Å². The van der Waals surface area contributed by atoms with E-state index in [4.69, 9.17) is 5.11 Å². The third kappa shape index (κ3) is 1.96. The molecule has 0 radical (unpaired) electrons. The molecule has 1 saturated carbocycles. The van der Waals surface area contributed by atoms with Crippen LogP contribution < -0.4 is 5.32 Å². The van der Waals surface area contributed by atoms with Gasteiger partial charge in [-0.15, -0.1) is 0 Å². The molecule has 6 heteroatoms. The van der Waals surface area contributed by atoms with Crippen LogP contribution >= 0.6 is 0 Å². The van der Waals surface area contributed by atoms with Crippen molar-refractivity contribution in [3.63, 3.8) is 0 Å². The van der Waals surface area contributed by atoms with Crippen LogP contribution in [-0.2, 0) is 0 Å². The lowest BCUT2D eigenvalue weighted by atomic mass is 9.77. The van der Waals surface area contributed by atoms with Gasteiger partial charge in [-0.2, -0.15) is 0 Å². The Kier molecular flexibility index (Phi) is 2.74. The highest BCUT2D eigenvalue weighted by atomic mass is 16.4. The molecule has 1 aliphatic carbocycles. The van der Waals surface area contributed by atoms with E-state index in [0.717, 1.165) is 19.3 Å². The monoisotopic (exact) mass is 223 g/mol. The highest BCUT2D eigenvalue weighted by Gasteiger charge is 2.36. The van der Waals surface area contributed by atoms with Crippen LogP contribution in [0.2, 0.25) is 0 Å². The maximum absolute atomic E-state index is 10.7. The molecule has 0 spiro atoms. The fraction of sp³-hybridized carbons (Fsp3) is 0.500. The summed E-state index contributed by atoms with van der Waals surface area (Å²) in [6.45, 7) is 0.0198. The van der Waals surface area contributed by atoms with Crippen LogP contribution in [0, 0.1) is 0 Å². The first-order valence-corrected chi connectivity index (χ1v) is 5.10. The molecule has 0 amide bonds.